The summed E-state index contributed by atoms with van der Waals surface area (Å²) in [7, 11) is 0. The highest BCUT2D eigenvalue weighted by atomic mass is 16.5. The Bertz CT molecular complexity index is 825. The first-order chi connectivity index (χ1) is 13.8. The molecule has 2 aromatic carbocycles. The second kappa shape index (κ2) is 10.5. The molecule has 0 N–H and O–H groups in total. The molecule has 158 valence electrons. The number of unbranched alkanes of at least 4 members (excludes halogenated alkanes) is 2. The van der Waals surface area contributed by atoms with E-state index < -0.39 is 0 Å². The molecule has 0 aliphatic rings. The maximum Gasteiger partial charge on any atom is 0.127 e. The quantitative estimate of drug-likeness (QED) is 0.284. The van der Waals surface area contributed by atoms with Crippen LogP contribution in [0, 0.1) is 0 Å². The highest BCUT2D eigenvalue weighted by molar-refractivity contribution is 5.94. The van der Waals surface area contributed by atoms with Crippen LogP contribution in [-0.2, 0) is 5.41 Å². The SMILES string of the molecule is C=CCCCOc1cc(C(C)(C)C)cc2c(OCCCC=C)cc(C(C)C)cc12. The van der Waals surface area contributed by atoms with Gasteiger partial charge in [0.2, 0.25) is 0 Å². The van der Waals surface area contributed by atoms with Gasteiger partial charge in [0.1, 0.15) is 11.5 Å². The minimum atomic E-state index is 0.0320. The Balaban J connectivity index is 2.56. The Morgan fingerprint density at radius 3 is 1.83 bits per heavy atom. The van der Waals surface area contributed by atoms with E-state index in [0.29, 0.717) is 19.1 Å². The zero-order valence-corrected chi connectivity index (χ0v) is 19.0. The first-order valence-corrected chi connectivity index (χ1v) is 10.9. The predicted molar refractivity (Wildman–Crippen MR) is 127 cm³/mol. The second-order valence-electron chi connectivity index (χ2n) is 9.05. The van der Waals surface area contributed by atoms with Crippen LogP contribution in [0.2, 0.25) is 0 Å². The zero-order valence-electron chi connectivity index (χ0n) is 19.0. The van der Waals surface area contributed by atoms with Gasteiger partial charge < -0.3 is 9.47 Å². The Kier molecular flexibility index (Phi) is 8.37. The van der Waals surface area contributed by atoms with Crippen molar-refractivity contribution in [1.29, 1.82) is 0 Å². The van der Waals surface area contributed by atoms with E-state index in [2.05, 4.69) is 72.0 Å². The van der Waals surface area contributed by atoms with Crippen molar-refractivity contribution in [2.75, 3.05) is 13.2 Å². The average Bonchev–Trinajstić information content (AvgIpc) is 2.67. The fourth-order valence-corrected chi connectivity index (χ4v) is 3.24. The summed E-state index contributed by atoms with van der Waals surface area (Å²) in [6, 6.07) is 8.96. The summed E-state index contributed by atoms with van der Waals surface area (Å²) in [5, 5.41) is 2.28. The summed E-state index contributed by atoms with van der Waals surface area (Å²) in [5.74, 6) is 2.33. The number of allylic oxidation sites excluding steroid dienone is 2. The Morgan fingerprint density at radius 2 is 1.34 bits per heavy atom. The highest BCUT2D eigenvalue weighted by Gasteiger charge is 2.19. The van der Waals surface area contributed by atoms with E-state index >= 15 is 0 Å². The van der Waals surface area contributed by atoms with E-state index in [-0.39, 0.29) is 5.41 Å². The lowest BCUT2D eigenvalue weighted by atomic mass is 9.85. The normalized spacial score (nSPS) is 11.7. The lowest BCUT2D eigenvalue weighted by Gasteiger charge is -2.23. The van der Waals surface area contributed by atoms with Crippen LogP contribution in [0.3, 0.4) is 0 Å². The van der Waals surface area contributed by atoms with Gasteiger partial charge in [-0.3, -0.25) is 0 Å². The van der Waals surface area contributed by atoms with Crippen LogP contribution in [0.15, 0.2) is 49.6 Å². The van der Waals surface area contributed by atoms with Crippen LogP contribution < -0.4 is 9.47 Å². The van der Waals surface area contributed by atoms with Crippen LogP contribution >= 0.6 is 0 Å². The molecule has 0 aliphatic heterocycles. The fraction of sp³-hybridized carbons (Fsp3) is 0.481. The highest BCUT2D eigenvalue weighted by Crippen LogP contribution is 2.40. The number of benzene rings is 2. The first kappa shape index (κ1) is 23.1. The summed E-state index contributed by atoms with van der Waals surface area (Å²) in [4.78, 5) is 0. The Morgan fingerprint density at radius 1 is 0.828 bits per heavy atom. The molecule has 0 unspecified atom stereocenters. The van der Waals surface area contributed by atoms with Crippen molar-refractivity contribution >= 4 is 10.8 Å². The molecule has 0 aromatic heterocycles. The van der Waals surface area contributed by atoms with E-state index in [0.717, 1.165) is 48.0 Å². The Hall–Kier alpha value is -2.22. The summed E-state index contributed by atoms with van der Waals surface area (Å²) < 4.78 is 12.5. The summed E-state index contributed by atoms with van der Waals surface area (Å²) in [5.41, 5.74) is 2.57. The van der Waals surface area contributed by atoms with Crippen LogP contribution in [0.4, 0.5) is 0 Å². The fourth-order valence-electron chi connectivity index (χ4n) is 3.24. The predicted octanol–water partition coefficient (Wildman–Crippen LogP) is 7.95. The second-order valence-corrected chi connectivity index (χ2v) is 9.05. The molecule has 0 atom stereocenters. The van der Waals surface area contributed by atoms with Gasteiger partial charge >= 0.3 is 0 Å². The number of ether oxygens (including phenoxy) is 2. The lowest BCUT2D eigenvalue weighted by Crippen LogP contribution is -2.12. The number of hydrogen-bond acceptors (Lipinski definition) is 2. The molecule has 0 radical (unpaired) electrons. The number of hydrogen-bond donors (Lipinski definition) is 0. The number of rotatable bonds is 11. The van der Waals surface area contributed by atoms with Gasteiger partial charge in [0.05, 0.1) is 13.2 Å². The van der Waals surface area contributed by atoms with Crippen molar-refractivity contribution in [3.63, 3.8) is 0 Å². The van der Waals surface area contributed by atoms with Crippen molar-refractivity contribution in [2.24, 2.45) is 0 Å². The molecule has 2 rings (SSSR count). The van der Waals surface area contributed by atoms with Gasteiger partial charge in [-0.15, -0.1) is 13.2 Å². The molecule has 0 bridgehead atoms. The van der Waals surface area contributed by atoms with E-state index in [4.69, 9.17) is 9.47 Å². The molecule has 0 fully saturated rings. The molecule has 0 saturated heterocycles. The van der Waals surface area contributed by atoms with Gasteiger partial charge in [-0.25, -0.2) is 0 Å². The molecular formula is C27H38O2. The maximum absolute atomic E-state index is 6.27. The molecule has 2 heteroatoms. The van der Waals surface area contributed by atoms with E-state index in [1.54, 1.807) is 0 Å². The third-order valence-corrected chi connectivity index (χ3v) is 5.17. The molecular weight excluding hydrogens is 356 g/mol. The zero-order chi connectivity index (χ0) is 21.4. The molecule has 0 saturated carbocycles. The van der Waals surface area contributed by atoms with Gasteiger partial charge in [0, 0.05) is 10.8 Å². The van der Waals surface area contributed by atoms with Gasteiger partial charge in [-0.1, -0.05) is 46.8 Å². The van der Waals surface area contributed by atoms with Gasteiger partial charge in [-0.2, -0.15) is 0 Å². The van der Waals surface area contributed by atoms with Gasteiger partial charge in [-0.05, 0) is 72.4 Å². The van der Waals surface area contributed by atoms with Crippen LogP contribution in [-0.4, -0.2) is 13.2 Å². The molecule has 0 aliphatic carbocycles. The van der Waals surface area contributed by atoms with Crippen LogP contribution in [0.5, 0.6) is 11.5 Å². The van der Waals surface area contributed by atoms with E-state index in [9.17, 15) is 0 Å². The van der Waals surface area contributed by atoms with Crippen LogP contribution in [0.1, 0.15) is 77.3 Å². The van der Waals surface area contributed by atoms with Crippen LogP contribution in [0.25, 0.3) is 10.8 Å². The molecule has 29 heavy (non-hydrogen) atoms. The van der Waals surface area contributed by atoms with Crippen molar-refractivity contribution < 1.29 is 9.47 Å². The summed E-state index contributed by atoms with van der Waals surface area (Å²) in [6.07, 6.45) is 7.76. The topological polar surface area (TPSA) is 18.5 Å². The smallest absolute Gasteiger partial charge is 0.127 e. The maximum atomic E-state index is 6.27. The summed E-state index contributed by atoms with van der Waals surface area (Å²) >= 11 is 0. The number of fused-ring (bicyclic) bond motifs is 1. The minimum absolute atomic E-state index is 0.0320. The van der Waals surface area contributed by atoms with Crippen molar-refractivity contribution in [2.45, 2.75) is 71.6 Å². The monoisotopic (exact) mass is 394 g/mol. The average molecular weight is 395 g/mol. The third-order valence-electron chi connectivity index (χ3n) is 5.17. The lowest BCUT2D eigenvalue weighted by molar-refractivity contribution is 0.311. The van der Waals surface area contributed by atoms with Crippen molar-refractivity contribution in [3.05, 3.63) is 60.7 Å². The van der Waals surface area contributed by atoms with Crippen molar-refractivity contribution in [3.8, 4) is 11.5 Å². The van der Waals surface area contributed by atoms with E-state index in [1.165, 1.54) is 11.1 Å². The minimum Gasteiger partial charge on any atom is -0.493 e. The van der Waals surface area contributed by atoms with Gasteiger partial charge in [0.25, 0.3) is 0 Å². The van der Waals surface area contributed by atoms with Gasteiger partial charge in [0.15, 0.2) is 0 Å². The van der Waals surface area contributed by atoms with E-state index in [1.807, 2.05) is 12.2 Å². The third kappa shape index (κ3) is 6.39. The summed E-state index contributed by atoms with van der Waals surface area (Å²) in [6.45, 7) is 20.2. The molecule has 0 heterocycles. The van der Waals surface area contributed by atoms with Crippen molar-refractivity contribution in [1.82, 2.24) is 0 Å². The standard InChI is InChI=1S/C27H38O2/c1-8-10-12-14-28-25-17-21(20(3)4)16-23-24(25)18-22(27(5,6)7)19-26(23)29-15-13-11-9-2/h8-9,16-20H,1-2,10-15H2,3-7H3. The molecule has 0 spiro atoms. The first-order valence-electron chi connectivity index (χ1n) is 10.9. The Labute approximate surface area is 177 Å². The molecule has 2 nitrogen and oxygen atoms in total. The largest absolute Gasteiger partial charge is 0.493 e. The molecule has 2 aromatic rings. The molecule has 0 amide bonds.